The number of aromatic nitrogens is 4. The number of carbonyl (C=O) groups is 2. The minimum atomic E-state index is -0.381. The lowest BCUT2D eigenvalue weighted by atomic mass is 10.1. The second-order valence-corrected chi connectivity index (χ2v) is 6.22. The van der Waals surface area contributed by atoms with Gasteiger partial charge in [-0.15, -0.1) is 5.10 Å². The van der Waals surface area contributed by atoms with Crippen LogP contribution in [0.1, 0.15) is 26.5 Å². The lowest BCUT2D eigenvalue weighted by Gasteiger charge is -2.11. The van der Waals surface area contributed by atoms with Crippen LogP contribution in [-0.4, -0.2) is 32.0 Å². The maximum Gasteiger partial charge on any atom is 0.291 e. The van der Waals surface area contributed by atoms with Gasteiger partial charge in [-0.2, -0.15) is 0 Å². The van der Waals surface area contributed by atoms with Crippen LogP contribution < -0.4 is 10.6 Å². The average Bonchev–Trinajstić information content (AvgIpc) is 3.44. The highest BCUT2D eigenvalue weighted by Crippen LogP contribution is 2.20. The Kier molecular flexibility index (Phi) is 4.85. The fourth-order valence-electron chi connectivity index (χ4n) is 2.67. The second-order valence-electron chi connectivity index (χ2n) is 6.22. The standard InChI is InChI=1S/C20H16N6O3/c1-13-4-5-14(11-17(13)23-20(28)18-3-2-10-29-18)19(27)22-15-6-8-16(9-7-15)26-12-21-24-25-26/h2-12H,1H3,(H,22,27)(H,23,28). The molecule has 9 nitrogen and oxygen atoms in total. The first kappa shape index (κ1) is 18.1. The third kappa shape index (κ3) is 4.03. The Morgan fingerprint density at radius 2 is 1.83 bits per heavy atom. The summed E-state index contributed by atoms with van der Waals surface area (Å²) < 4.78 is 6.61. The summed E-state index contributed by atoms with van der Waals surface area (Å²) in [6, 6.07) is 15.4. The molecule has 2 heterocycles. The first-order valence-corrected chi connectivity index (χ1v) is 8.70. The summed E-state index contributed by atoms with van der Waals surface area (Å²) >= 11 is 0. The summed E-state index contributed by atoms with van der Waals surface area (Å²) in [4.78, 5) is 24.8. The summed E-state index contributed by atoms with van der Waals surface area (Å²) in [7, 11) is 0. The molecule has 4 rings (SSSR count). The van der Waals surface area contributed by atoms with Crippen LogP contribution in [0.5, 0.6) is 0 Å². The van der Waals surface area contributed by atoms with Crippen molar-refractivity contribution in [3.63, 3.8) is 0 Å². The molecule has 2 amide bonds. The fraction of sp³-hybridized carbons (Fsp3) is 0.0500. The van der Waals surface area contributed by atoms with Gasteiger partial charge in [0.05, 0.1) is 12.0 Å². The van der Waals surface area contributed by atoms with Crippen LogP contribution in [0, 0.1) is 6.92 Å². The number of hydrogen-bond donors (Lipinski definition) is 2. The van der Waals surface area contributed by atoms with Crippen LogP contribution >= 0.6 is 0 Å². The summed E-state index contributed by atoms with van der Waals surface area (Å²) in [6.45, 7) is 1.84. The molecule has 2 aromatic heterocycles. The minimum absolute atomic E-state index is 0.196. The first-order valence-electron chi connectivity index (χ1n) is 8.70. The highest BCUT2D eigenvalue weighted by molar-refractivity contribution is 6.07. The van der Waals surface area contributed by atoms with Crippen LogP contribution in [0.4, 0.5) is 11.4 Å². The van der Waals surface area contributed by atoms with Crippen molar-refractivity contribution in [3.05, 3.63) is 84.1 Å². The number of nitrogens with zero attached hydrogens (tertiary/aromatic N) is 4. The zero-order valence-corrected chi connectivity index (χ0v) is 15.4. The largest absolute Gasteiger partial charge is 0.459 e. The summed E-state index contributed by atoms with van der Waals surface area (Å²) in [6.07, 6.45) is 2.91. The topological polar surface area (TPSA) is 115 Å². The zero-order valence-electron chi connectivity index (χ0n) is 15.4. The molecule has 2 aromatic carbocycles. The Bertz CT molecular complexity index is 1140. The number of nitrogens with one attached hydrogen (secondary N) is 2. The van der Waals surface area contributed by atoms with Crippen molar-refractivity contribution >= 4 is 23.2 Å². The van der Waals surface area contributed by atoms with Crippen molar-refractivity contribution in [1.29, 1.82) is 0 Å². The number of tetrazole rings is 1. The van der Waals surface area contributed by atoms with Gasteiger partial charge in [0.1, 0.15) is 6.33 Å². The Morgan fingerprint density at radius 1 is 1.00 bits per heavy atom. The van der Waals surface area contributed by atoms with Crippen molar-refractivity contribution in [1.82, 2.24) is 20.2 Å². The predicted octanol–water partition coefficient (Wildman–Crippen LogP) is 3.07. The zero-order chi connectivity index (χ0) is 20.2. The number of hydrogen-bond acceptors (Lipinski definition) is 6. The van der Waals surface area contributed by atoms with E-state index in [1.54, 1.807) is 54.6 Å². The van der Waals surface area contributed by atoms with Crippen molar-refractivity contribution < 1.29 is 14.0 Å². The van der Waals surface area contributed by atoms with E-state index in [0.717, 1.165) is 11.3 Å². The van der Waals surface area contributed by atoms with E-state index >= 15 is 0 Å². The molecule has 4 aromatic rings. The van der Waals surface area contributed by atoms with Crippen LogP contribution in [-0.2, 0) is 0 Å². The van der Waals surface area contributed by atoms with Gasteiger partial charge in [-0.05, 0) is 71.4 Å². The highest BCUT2D eigenvalue weighted by Gasteiger charge is 2.13. The molecular formula is C20H16N6O3. The van der Waals surface area contributed by atoms with Crippen molar-refractivity contribution in [2.45, 2.75) is 6.92 Å². The third-order valence-corrected chi connectivity index (χ3v) is 4.23. The van der Waals surface area contributed by atoms with E-state index in [9.17, 15) is 9.59 Å². The maximum absolute atomic E-state index is 12.6. The van der Waals surface area contributed by atoms with Gasteiger partial charge in [0.2, 0.25) is 0 Å². The van der Waals surface area contributed by atoms with Gasteiger partial charge >= 0.3 is 0 Å². The van der Waals surface area contributed by atoms with E-state index in [0.29, 0.717) is 16.9 Å². The number of amides is 2. The molecule has 0 unspecified atom stereocenters. The number of rotatable bonds is 5. The van der Waals surface area contributed by atoms with E-state index in [4.69, 9.17) is 4.42 Å². The number of aryl methyl sites for hydroxylation is 1. The van der Waals surface area contributed by atoms with Gasteiger partial charge in [0.25, 0.3) is 11.8 Å². The number of anilines is 2. The predicted molar refractivity (Wildman–Crippen MR) is 105 cm³/mol. The molecule has 0 radical (unpaired) electrons. The molecule has 0 spiro atoms. The molecule has 9 heteroatoms. The quantitative estimate of drug-likeness (QED) is 0.543. The lowest BCUT2D eigenvalue weighted by molar-refractivity contribution is 0.0993. The summed E-state index contributed by atoms with van der Waals surface area (Å²) in [5, 5.41) is 16.6. The van der Waals surface area contributed by atoms with Crippen molar-refractivity contribution in [3.8, 4) is 5.69 Å². The average molecular weight is 388 g/mol. The Morgan fingerprint density at radius 3 is 2.52 bits per heavy atom. The first-order chi connectivity index (χ1) is 14.1. The van der Waals surface area contributed by atoms with Crippen molar-refractivity contribution in [2.75, 3.05) is 10.6 Å². The number of furan rings is 1. The van der Waals surface area contributed by atoms with Crippen LogP contribution in [0.3, 0.4) is 0 Å². The van der Waals surface area contributed by atoms with Gasteiger partial charge in [0.15, 0.2) is 5.76 Å². The lowest BCUT2D eigenvalue weighted by Crippen LogP contribution is -2.15. The van der Waals surface area contributed by atoms with Gasteiger partial charge in [0, 0.05) is 16.9 Å². The molecule has 0 bridgehead atoms. The molecule has 0 saturated heterocycles. The molecule has 29 heavy (non-hydrogen) atoms. The fourth-order valence-corrected chi connectivity index (χ4v) is 2.67. The second kappa shape index (κ2) is 7.77. The molecule has 144 valence electrons. The highest BCUT2D eigenvalue weighted by atomic mass is 16.3. The smallest absolute Gasteiger partial charge is 0.291 e. The molecule has 0 saturated carbocycles. The van der Waals surface area contributed by atoms with E-state index in [1.165, 1.54) is 17.3 Å². The number of benzene rings is 2. The van der Waals surface area contributed by atoms with Gasteiger partial charge in [-0.3, -0.25) is 9.59 Å². The molecule has 0 aliphatic heterocycles. The van der Waals surface area contributed by atoms with Crippen LogP contribution in [0.25, 0.3) is 5.69 Å². The van der Waals surface area contributed by atoms with Crippen LogP contribution in [0.15, 0.2) is 71.6 Å². The van der Waals surface area contributed by atoms with Gasteiger partial charge in [-0.1, -0.05) is 6.07 Å². The Balaban J connectivity index is 1.48. The third-order valence-electron chi connectivity index (χ3n) is 4.23. The molecule has 0 atom stereocenters. The SMILES string of the molecule is Cc1ccc(C(=O)Nc2ccc(-n3cnnn3)cc2)cc1NC(=O)c1ccco1. The Labute approximate surface area is 165 Å². The molecule has 0 aliphatic rings. The summed E-state index contributed by atoms with van der Waals surface area (Å²) in [5.74, 6) is -0.482. The molecule has 0 fully saturated rings. The van der Waals surface area contributed by atoms with Crippen molar-refractivity contribution in [2.24, 2.45) is 0 Å². The minimum Gasteiger partial charge on any atom is -0.459 e. The van der Waals surface area contributed by atoms with Gasteiger partial charge in [-0.25, -0.2) is 4.68 Å². The number of carbonyl (C=O) groups excluding carboxylic acids is 2. The monoisotopic (exact) mass is 388 g/mol. The van der Waals surface area contributed by atoms with E-state index in [-0.39, 0.29) is 17.6 Å². The van der Waals surface area contributed by atoms with E-state index in [1.807, 2.05) is 6.92 Å². The molecule has 0 aliphatic carbocycles. The maximum atomic E-state index is 12.6. The van der Waals surface area contributed by atoms with E-state index in [2.05, 4.69) is 26.2 Å². The molecule has 2 N–H and O–H groups in total. The van der Waals surface area contributed by atoms with Crippen LogP contribution in [0.2, 0.25) is 0 Å². The van der Waals surface area contributed by atoms with E-state index < -0.39 is 0 Å². The molecular weight excluding hydrogens is 372 g/mol. The Hall–Kier alpha value is -4.27. The van der Waals surface area contributed by atoms with Gasteiger partial charge < -0.3 is 15.1 Å². The summed E-state index contributed by atoms with van der Waals surface area (Å²) in [5.41, 5.74) is 3.16. The normalized spacial score (nSPS) is 10.5.